The highest BCUT2D eigenvalue weighted by Gasteiger charge is 2.34. The van der Waals surface area contributed by atoms with Crippen molar-refractivity contribution in [3.63, 3.8) is 0 Å². The van der Waals surface area contributed by atoms with Crippen LogP contribution in [0.3, 0.4) is 0 Å². The van der Waals surface area contributed by atoms with E-state index in [2.05, 4.69) is 14.9 Å². The molecule has 0 radical (unpaired) electrons. The van der Waals surface area contributed by atoms with Gasteiger partial charge in [0, 0.05) is 44.0 Å². The van der Waals surface area contributed by atoms with Crippen LogP contribution in [0.15, 0.2) is 6.07 Å². The Morgan fingerprint density at radius 1 is 1.18 bits per heavy atom. The number of carbonyl (C=O) groups excluding carboxylic acids is 1. The van der Waals surface area contributed by atoms with E-state index in [1.807, 2.05) is 24.8 Å². The van der Waals surface area contributed by atoms with Crippen molar-refractivity contribution < 1.29 is 4.79 Å². The molecule has 22 heavy (non-hydrogen) atoms. The molecule has 120 valence electrons. The van der Waals surface area contributed by atoms with Gasteiger partial charge in [0.05, 0.1) is 5.92 Å². The van der Waals surface area contributed by atoms with E-state index in [0.717, 1.165) is 62.8 Å². The summed E-state index contributed by atoms with van der Waals surface area (Å²) in [4.78, 5) is 25.6. The van der Waals surface area contributed by atoms with Gasteiger partial charge in [-0.2, -0.15) is 0 Å². The second-order valence-corrected chi connectivity index (χ2v) is 6.43. The first kappa shape index (κ1) is 15.2. The number of nitrogens with two attached hydrogens (primary N) is 1. The van der Waals surface area contributed by atoms with Gasteiger partial charge >= 0.3 is 0 Å². The van der Waals surface area contributed by atoms with Gasteiger partial charge < -0.3 is 15.5 Å². The second-order valence-electron chi connectivity index (χ2n) is 6.43. The van der Waals surface area contributed by atoms with Crippen LogP contribution in [0.1, 0.15) is 30.8 Å². The highest BCUT2D eigenvalue weighted by Crippen LogP contribution is 2.26. The van der Waals surface area contributed by atoms with Gasteiger partial charge in [-0.1, -0.05) is 6.42 Å². The fourth-order valence-corrected chi connectivity index (χ4v) is 3.55. The Morgan fingerprint density at radius 2 is 1.91 bits per heavy atom. The zero-order valence-electron chi connectivity index (χ0n) is 13.5. The van der Waals surface area contributed by atoms with Crippen LogP contribution in [-0.4, -0.2) is 53.0 Å². The molecule has 1 aromatic heterocycles. The van der Waals surface area contributed by atoms with Gasteiger partial charge in [-0.3, -0.25) is 4.79 Å². The molecule has 0 spiro atoms. The van der Waals surface area contributed by atoms with Crippen molar-refractivity contribution >= 4 is 11.7 Å². The molecule has 6 heteroatoms. The molecule has 0 unspecified atom stereocenters. The molecule has 2 heterocycles. The van der Waals surface area contributed by atoms with Gasteiger partial charge in [0.1, 0.15) is 11.6 Å². The van der Waals surface area contributed by atoms with Gasteiger partial charge in [0.25, 0.3) is 0 Å². The lowest BCUT2D eigenvalue weighted by Crippen LogP contribution is -2.52. The number of hydrogen-bond donors (Lipinski definition) is 1. The molecule has 2 N–H and O–H groups in total. The number of amides is 1. The molecule has 1 saturated carbocycles. The Hall–Kier alpha value is -1.69. The number of aromatic nitrogens is 2. The van der Waals surface area contributed by atoms with Gasteiger partial charge in [-0.15, -0.1) is 0 Å². The van der Waals surface area contributed by atoms with Crippen LogP contribution in [0.2, 0.25) is 0 Å². The van der Waals surface area contributed by atoms with Crippen molar-refractivity contribution in [1.29, 1.82) is 0 Å². The number of carbonyl (C=O) groups is 1. The maximum absolute atomic E-state index is 12.6. The first-order chi connectivity index (χ1) is 10.5. The lowest BCUT2D eigenvalue weighted by atomic mass is 10.0. The molecule has 1 amide bonds. The third-order valence-electron chi connectivity index (χ3n) is 4.75. The molecular formula is C16H25N5O. The monoisotopic (exact) mass is 303 g/mol. The predicted octanol–water partition coefficient (Wildman–Crippen LogP) is 0.869. The van der Waals surface area contributed by atoms with E-state index < -0.39 is 0 Å². The maximum Gasteiger partial charge on any atom is 0.227 e. The van der Waals surface area contributed by atoms with E-state index in [4.69, 9.17) is 5.73 Å². The molecule has 0 bridgehead atoms. The van der Waals surface area contributed by atoms with Gasteiger partial charge in [0.2, 0.25) is 5.91 Å². The summed E-state index contributed by atoms with van der Waals surface area (Å²) in [6.07, 6.45) is 3.01. The van der Waals surface area contributed by atoms with E-state index in [0.29, 0.717) is 0 Å². The van der Waals surface area contributed by atoms with Gasteiger partial charge in [-0.25, -0.2) is 9.97 Å². The summed E-state index contributed by atoms with van der Waals surface area (Å²) < 4.78 is 0. The zero-order chi connectivity index (χ0) is 15.7. The third-order valence-corrected chi connectivity index (χ3v) is 4.75. The first-order valence-corrected chi connectivity index (χ1v) is 8.16. The lowest BCUT2D eigenvalue weighted by molar-refractivity contribution is -0.136. The van der Waals surface area contributed by atoms with Crippen LogP contribution in [0.25, 0.3) is 0 Å². The van der Waals surface area contributed by atoms with E-state index in [-0.39, 0.29) is 17.9 Å². The highest BCUT2D eigenvalue weighted by molar-refractivity contribution is 5.80. The Kier molecular flexibility index (Phi) is 4.29. The van der Waals surface area contributed by atoms with Crippen molar-refractivity contribution in [2.75, 3.05) is 31.1 Å². The summed E-state index contributed by atoms with van der Waals surface area (Å²) in [5.74, 6) is 2.05. The van der Waals surface area contributed by atoms with Crippen LogP contribution in [0.5, 0.6) is 0 Å². The summed E-state index contributed by atoms with van der Waals surface area (Å²) in [7, 11) is 0. The minimum absolute atomic E-state index is 0.0371. The van der Waals surface area contributed by atoms with Crippen LogP contribution in [0, 0.1) is 19.8 Å². The fourth-order valence-electron chi connectivity index (χ4n) is 3.55. The normalized spacial score (nSPS) is 25.6. The number of piperazine rings is 1. The van der Waals surface area contributed by atoms with Crippen LogP contribution < -0.4 is 10.6 Å². The standard InChI is InChI=1S/C16H25N5O/c1-11-10-15(19-12(2)18-11)20-6-8-21(9-7-20)16(22)13-4-3-5-14(13)17/h10,13-14H,3-9,17H2,1-2H3/t13-,14-/m1/s1. The van der Waals surface area contributed by atoms with Crippen LogP contribution in [0.4, 0.5) is 5.82 Å². The number of anilines is 1. The Morgan fingerprint density at radius 3 is 2.50 bits per heavy atom. The van der Waals surface area contributed by atoms with Crippen LogP contribution in [-0.2, 0) is 4.79 Å². The Balaban J connectivity index is 1.61. The fraction of sp³-hybridized carbons (Fsp3) is 0.688. The Labute approximate surface area is 131 Å². The summed E-state index contributed by atoms with van der Waals surface area (Å²) >= 11 is 0. The SMILES string of the molecule is Cc1cc(N2CCN(C(=O)[C@@H]3CCC[C@H]3N)CC2)nc(C)n1. The van der Waals surface area contributed by atoms with E-state index in [1.54, 1.807) is 0 Å². The van der Waals surface area contributed by atoms with Crippen molar-refractivity contribution in [2.24, 2.45) is 11.7 Å². The molecule has 0 aromatic carbocycles. The number of hydrogen-bond acceptors (Lipinski definition) is 5. The van der Waals surface area contributed by atoms with Gasteiger partial charge in [-0.05, 0) is 26.7 Å². The molecule has 2 aliphatic rings. The lowest BCUT2D eigenvalue weighted by Gasteiger charge is -2.37. The van der Waals surface area contributed by atoms with E-state index in [9.17, 15) is 4.79 Å². The zero-order valence-corrected chi connectivity index (χ0v) is 13.5. The molecule has 1 saturated heterocycles. The minimum Gasteiger partial charge on any atom is -0.353 e. The molecule has 3 rings (SSSR count). The summed E-state index contributed by atoms with van der Waals surface area (Å²) in [6.45, 7) is 7.05. The maximum atomic E-state index is 12.6. The first-order valence-electron chi connectivity index (χ1n) is 8.16. The summed E-state index contributed by atoms with van der Waals surface area (Å²) in [6, 6.07) is 2.06. The Bertz CT molecular complexity index is 533. The second kappa shape index (κ2) is 6.20. The minimum atomic E-state index is 0.0371. The van der Waals surface area contributed by atoms with E-state index in [1.165, 1.54) is 0 Å². The molecule has 2 atom stereocenters. The van der Waals surface area contributed by atoms with Crippen LogP contribution >= 0.6 is 0 Å². The van der Waals surface area contributed by atoms with E-state index >= 15 is 0 Å². The molecule has 2 fully saturated rings. The average molecular weight is 303 g/mol. The van der Waals surface area contributed by atoms with Crippen molar-refractivity contribution in [1.82, 2.24) is 14.9 Å². The number of nitrogens with zero attached hydrogens (tertiary/aromatic N) is 4. The number of rotatable bonds is 2. The summed E-state index contributed by atoms with van der Waals surface area (Å²) in [5.41, 5.74) is 7.05. The topological polar surface area (TPSA) is 75.3 Å². The molecule has 1 aliphatic heterocycles. The molecule has 1 aliphatic carbocycles. The third kappa shape index (κ3) is 3.06. The smallest absolute Gasteiger partial charge is 0.227 e. The van der Waals surface area contributed by atoms with Gasteiger partial charge in [0.15, 0.2) is 0 Å². The highest BCUT2D eigenvalue weighted by atomic mass is 16.2. The average Bonchev–Trinajstić information content (AvgIpc) is 2.92. The van der Waals surface area contributed by atoms with Crippen molar-refractivity contribution in [3.05, 3.63) is 17.6 Å². The predicted molar refractivity (Wildman–Crippen MR) is 85.6 cm³/mol. The van der Waals surface area contributed by atoms with Crippen molar-refractivity contribution in [3.8, 4) is 0 Å². The molecule has 6 nitrogen and oxygen atoms in total. The van der Waals surface area contributed by atoms with Crippen molar-refractivity contribution in [2.45, 2.75) is 39.2 Å². The number of aryl methyl sites for hydroxylation is 2. The summed E-state index contributed by atoms with van der Waals surface area (Å²) in [5, 5.41) is 0. The largest absolute Gasteiger partial charge is 0.353 e. The molecule has 1 aromatic rings. The quantitative estimate of drug-likeness (QED) is 0.877. The molecular weight excluding hydrogens is 278 g/mol.